The smallest absolute Gasteiger partial charge is 0.317 e. The van der Waals surface area contributed by atoms with Crippen molar-refractivity contribution in [1.82, 2.24) is 10.2 Å². The van der Waals surface area contributed by atoms with E-state index in [4.69, 9.17) is 14.2 Å². The van der Waals surface area contributed by atoms with E-state index in [1.165, 1.54) is 0 Å². The minimum absolute atomic E-state index is 0.0469. The van der Waals surface area contributed by atoms with Gasteiger partial charge in [-0.25, -0.2) is 4.79 Å². The molecule has 1 aliphatic heterocycles. The first-order valence-electron chi connectivity index (χ1n) is 7.46. The van der Waals surface area contributed by atoms with Crippen LogP contribution in [0.3, 0.4) is 0 Å². The van der Waals surface area contributed by atoms with Gasteiger partial charge in [-0.3, -0.25) is 0 Å². The first-order valence-corrected chi connectivity index (χ1v) is 7.46. The highest BCUT2D eigenvalue weighted by Crippen LogP contribution is 2.36. The predicted molar refractivity (Wildman–Crippen MR) is 83.5 cm³/mol. The lowest BCUT2D eigenvalue weighted by Gasteiger charge is -2.26. The second-order valence-corrected chi connectivity index (χ2v) is 5.19. The second-order valence-electron chi connectivity index (χ2n) is 5.19. The van der Waals surface area contributed by atoms with Crippen molar-refractivity contribution in [1.29, 1.82) is 0 Å². The number of hydrogen-bond acceptors (Lipinski definition) is 4. The van der Waals surface area contributed by atoms with Gasteiger partial charge in [-0.15, -0.1) is 0 Å². The number of ether oxygens (including phenoxy) is 3. The van der Waals surface area contributed by atoms with E-state index in [9.17, 15) is 4.79 Å². The Bertz CT molecular complexity index is 507. The van der Waals surface area contributed by atoms with Crippen LogP contribution in [0.5, 0.6) is 11.5 Å². The molecule has 0 saturated carbocycles. The summed E-state index contributed by atoms with van der Waals surface area (Å²) < 4.78 is 15.6. The molecule has 0 bridgehead atoms. The molecule has 2 amide bonds. The highest BCUT2D eigenvalue weighted by molar-refractivity contribution is 5.75. The van der Waals surface area contributed by atoms with E-state index in [-0.39, 0.29) is 12.1 Å². The van der Waals surface area contributed by atoms with Crippen LogP contribution in [0.2, 0.25) is 0 Å². The SMILES string of the molecule is COCCNC(=O)N1CCC[C@H]1c1ccc(OC)c(OC)c1. The lowest BCUT2D eigenvalue weighted by molar-refractivity contribution is 0.176. The van der Waals surface area contributed by atoms with Crippen LogP contribution in [0.25, 0.3) is 0 Å². The van der Waals surface area contributed by atoms with Crippen LogP contribution in [0, 0.1) is 0 Å². The molecule has 22 heavy (non-hydrogen) atoms. The largest absolute Gasteiger partial charge is 0.493 e. The molecule has 122 valence electrons. The van der Waals surface area contributed by atoms with Crippen LogP contribution in [-0.2, 0) is 4.74 Å². The third-order valence-corrected chi connectivity index (χ3v) is 3.89. The molecule has 1 heterocycles. The van der Waals surface area contributed by atoms with Gasteiger partial charge in [0, 0.05) is 20.2 Å². The number of likely N-dealkylation sites (tertiary alicyclic amines) is 1. The molecule has 6 heteroatoms. The Labute approximate surface area is 131 Å². The maximum absolute atomic E-state index is 12.3. The van der Waals surface area contributed by atoms with Gasteiger partial charge in [0.15, 0.2) is 11.5 Å². The summed E-state index contributed by atoms with van der Waals surface area (Å²) in [6, 6.07) is 5.85. The predicted octanol–water partition coefficient (Wildman–Crippen LogP) is 2.20. The van der Waals surface area contributed by atoms with Crippen molar-refractivity contribution in [2.24, 2.45) is 0 Å². The molecule has 1 N–H and O–H groups in total. The van der Waals surface area contributed by atoms with Crippen LogP contribution < -0.4 is 14.8 Å². The molecule has 6 nitrogen and oxygen atoms in total. The normalized spacial score (nSPS) is 17.4. The fourth-order valence-electron chi connectivity index (χ4n) is 2.78. The number of rotatable bonds is 6. The summed E-state index contributed by atoms with van der Waals surface area (Å²) in [5.41, 5.74) is 1.07. The molecule has 0 aliphatic carbocycles. The first-order chi connectivity index (χ1) is 10.7. The van der Waals surface area contributed by atoms with E-state index in [1.807, 2.05) is 23.1 Å². The fraction of sp³-hybridized carbons (Fsp3) is 0.562. The molecular formula is C16H24N2O4. The van der Waals surface area contributed by atoms with Crippen LogP contribution in [-0.4, -0.2) is 52.0 Å². The Hall–Kier alpha value is -1.95. The number of nitrogens with one attached hydrogen (secondary N) is 1. The van der Waals surface area contributed by atoms with Crippen LogP contribution in [0.4, 0.5) is 4.79 Å². The van der Waals surface area contributed by atoms with Crippen molar-refractivity contribution in [2.45, 2.75) is 18.9 Å². The van der Waals surface area contributed by atoms with E-state index in [1.54, 1.807) is 21.3 Å². The van der Waals surface area contributed by atoms with Gasteiger partial charge in [0.05, 0.1) is 26.9 Å². The average molecular weight is 308 g/mol. The maximum Gasteiger partial charge on any atom is 0.317 e. The summed E-state index contributed by atoms with van der Waals surface area (Å²) >= 11 is 0. The molecule has 1 aliphatic rings. The summed E-state index contributed by atoms with van der Waals surface area (Å²) in [6.07, 6.45) is 1.95. The molecule has 0 aromatic heterocycles. The Morgan fingerprint density at radius 3 is 2.73 bits per heavy atom. The van der Waals surface area contributed by atoms with E-state index >= 15 is 0 Å². The highest BCUT2D eigenvalue weighted by atomic mass is 16.5. The van der Waals surface area contributed by atoms with Crippen molar-refractivity contribution in [2.75, 3.05) is 41.0 Å². The second kappa shape index (κ2) is 7.89. The van der Waals surface area contributed by atoms with Crippen molar-refractivity contribution < 1.29 is 19.0 Å². The zero-order valence-electron chi connectivity index (χ0n) is 13.4. The fourth-order valence-corrected chi connectivity index (χ4v) is 2.78. The first kappa shape index (κ1) is 16.4. The average Bonchev–Trinajstić information content (AvgIpc) is 3.04. The number of urea groups is 1. The summed E-state index contributed by atoms with van der Waals surface area (Å²) in [6.45, 7) is 1.79. The van der Waals surface area contributed by atoms with Crippen molar-refractivity contribution in [3.8, 4) is 11.5 Å². The third kappa shape index (κ3) is 3.62. The molecule has 0 unspecified atom stereocenters. The maximum atomic E-state index is 12.3. The van der Waals surface area contributed by atoms with Crippen LogP contribution in [0.1, 0.15) is 24.4 Å². The van der Waals surface area contributed by atoms with Gasteiger partial charge in [0.2, 0.25) is 0 Å². The number of methoxy groups -OCH3 is 3. The summed E-state index contributed by atoms with van der Waals surface area (Å²) in [5, 5.41) is 2.88. The zero-order valence-corrected chi connectivity index (χ0v) is 13.4. The molecule has 0 spiro atoms. The summed E-state index contributed by atoms with van der Waals surface area (Å²) in [7, 11) is 4.85. The van der Waals surface area contributed by atoms with Gasteiger partial charge in [0.25, 0.3) is 0 Å². The van der Waals surface area contributed by atoms with Crippen LogP contribution in [0.15, 0.2) is 18.2 Å². The molecule has 1 aromatic carbocycles. The van der Waals surface area contributed by atoms with Gasteiger partial charge >= 0.3 is 6.03 Å². The molecule has 1 saturated heterocycles. The Kier molecular flexibility index (Phi) is 5.89. The van der Waals surface area contributed by atoms with Crippen molar-refractivity contribution in [3.63, 3.8) is 0 Å². The van der Waals surface area contributed by atoms with E-state index in [2.05, 4.69) is 5.32 Å². The number of benzene rings is 1. The number of carbonyl (C=O) groups excluding carboxylic acids is 1. The van der Waals surface area contributed by atoms with E-state index < -0.39 is 0 Å². The topological polar surface area (TPSA) is 60.0 Å². The van der Waals surface area contributed by atoms with Gasteiger partial charge in [-0.05, 0) is 30.5 Å². The van der Waals surface area contributed by atoms with Gasteiger partial charge < -0.3 is 24.4 Å². The zero-order chi connectivity index (χ0) is 15.9. The van der Waals surface area contributed by atoms with Crippen molar-refractivity contribution >= 4 is 6.03 Å². The molecule has 1 fully saturated rings. The highest BCUT2D eigenvalue weighted by Gasteiger charge is 2.30. The molecule has 2 rings (SSSR count). The number of hydrogen-bond donors (Lipinski definition) is 1. The molecule has 0 radical (unpaired) electrons. The molecular weight excluding hydrogens is 284 g/mol. The minimum Gasteiger partial charge on any atom is -0.493 e. The summed E-state index contributed by atoms with van der Waals surface area (Å²) in [4.78, 5) is 14.2. The number of nitrogens with zero attached hydrogens (tertiary/aromatic N) is 1. The van der Waals surface area contributed by atoms with E-state index in [0.29, 0.717) is 24.7 Å². The van der Waals surface area contributed by atoms with Gasteiger partial charge in [0.1, 0.15) is 0 Å². The minimum atomic E-state index is -0.0469. The third-order valence-electron chi connectivity index (χ3n) is 3.89. The monoisotopic (exact) mass is 308 g/mol. The van der Waals surface area contributed by atoms with Crippen molar-refractivity contribution in [3.05, 3.63) is 23.8 Å². The molecule has 1 atom stereocenters. The Morgan fingerprint density at radius 1 is 1.27 bits per heavy atom. The lowest BCUT2D eigenvalue weighted by atomic mass is 10.0. The number of amides is 2. The van der Waals surface area contributed by atoms with Gasteiger partial charge in [-0.2, -0.15) is 0 Å². The number of carbonyl (C=O) groups is 1. The van der Waals surface area contributed by atoms with E-state index in [0.717, 1.165) is 24.9 Å². The lowest BCUT2D eigenvalue weighted by Crippen LogP contribution is -2.40. The quantitative estimate of drug-likeness (QED) is 0.819. The Balaban J connectivity index is 2.11. The van der Waals surface area contributed by atoms with Crippen LogP contribution >= 0.6 is 0 Å². The summed E-state index contributed by atoms with van der Waals surface area (Å²) in [5.74, 6) is 1.38. The standard InChI is InChI=1S/C16H24N2O4/c1-20-10-8-17-16(19)18-9-4-5-13(18)12-6-7-14(21-2)15(11-12)22-3/h6-7,11,13H,4-5,8-10H2,1-3H3,(H,17,19)/t13-/m0/s1. The molecule has 1 aromatic rings. The van der Waals surface area contributed by atoms with Gasteiger partial charge in [-0.1, -0.05) is 6.07 Å². The Morgan fingerprint density at radius 2 is 2.05 bits per heavy atom.